The van der Waals surface area contributed by atoms with E-state index in [1.54, 1.807) is 19.2 Å². The zero-order valence-corrected chi connectivity index (χ0v) is 19.7. The van der Waals surface area contributed by atoms with E-state index in [1.807, 2.05) is 24.3 Å². The molecule has 0 aliphatic rings. The van der Waals surface area contributed by atoms with Gasteiger partial charge in [0.05, 0.1) is 12.9 Å². The SMILES string of the molecule is CCCCn1c(SCc2nc(N)nc(Nc3ccc(F)cc3)n2)nnc1-c1ccc(OC)cc1. The lowest BCUT2D eigenvalue weighted by molar-refractivity contribution is 0.415. The van der Waals surface area contributed by atoms with E-state index >= 15 is 0 Å². The Morgan fingerprint density at radius 3 is 2.50 bits per heavy atom. The molecule has 0 spiro atoms. The van der Waals surface area contributed by atoms with Crippen LogP contribution in [0.1, 0.15) is 25.6 Å². The van der Waals surface area contributed by atoms with Gasteiger partial charge in [-0.1, -0.05) is 25.1 Å². The number of hydrogen-bond donors (Lipinski definition) is 2. The molecule has 34 heavy (non-hydrogen) atoms. The number of halogens is 1. The normalized spacial score (nSPS) is 10.9. The highest BCUT2D eigenvalue weighted by Crippen LogP contribution is 2.28. The predicted molar refractivity (Wildman–Crippen MR) is 130 cm³/mol. The summed E-state index contributed by atoms with van der Waals surface area (Å²) in [5, 5.41) is 12.6. The van der Waals surface area contributed by atoms with Gasteiger partial charge in [-0.3, -0.25) is 0 Å². The quantitative estimate of drug-likeness (QED) is 0.312. The number of aromatic nitrogens is 6. The van der Waals surface area contributed by atoms with Crippen LogP contribution in [0.5, 0.6) is 5.75 Å². The van der Waals surface area contributed by atoms with Gasteiger partial charge in [-0.25, -0.2) is 4.39 Å². The fourth-order valence-corrected chi connectivity index (χ4v) is 4.04. The van der Waals surface area contributed by atoms with Crippen molar-refractivity contribution in [2.24, 2.45) is 0 Å². The molecule has 0 amide bonds. The Morgan fingerprint density at radius 2 is 1.79 bits per heavy atom. The maximum absolute atomic E-state index is 13.2. The molecule has 0 bridgehead atoms. The van der Waals surface area contributed by atoms with Crippen LogP contribution in [-0.4, -0.2) is 36.8 Å². The molecule has 176 valence electrons. The molecule has 9 nitrogen and oxygen atoms in total. The molecule has 0 radical (unpaired) electrons. The number of anilines is 3. The van der Waals surface area contributed by atoms with Crippen LogP contribution in [-0.2, 0) is 12.3 Å². The molecule has 11 heteroatoms. The summed E-state index contributed by atoms with van der Waals surface area (Å²) in [6.45, 7) is 2.94. The first kappa shape index (κ1) is 23.4. The molecule has 2 aromatic carbocycles. The summed E-state index contributed by atoms with van der Waals surface area (Å²) in [5.41, 5.74) is 7.50. The summed E-state index contributed by atoms with van der Waals surface area (Å²) in [6.07, 6.45) is 2.05. The smallest absolute Gasteiger partial charge is 0.232 e. The number of thioether (sulfide) groups is 1. The fourth-order valence-electron chi connectivity index (χ4n) is 3.22. The summed E-state index contributed by atoms with van der Waals surface area (Å²) >= 11 is 1.48. The second-order valence-corrected chi connectivity index (χ2v) is 8.34. The first-order valence-electron chi connectivity index (χ1n) is 10.8. The van der Waals surface area contributed by atoms with E-state index in [1.165, 1.54) is 23.9 Å². The highest BCUT2D eigenvalue weighted by Gasteiger charge is 2.16. The number of methoxy groups -OCH3 is 1. The monoisotopic (exact) mass is 480 g/mol. The largest absolute Gasteiger partial charge is 0.497 e. The Balaban J connectivity index is 1.52. The molecule has 4 aromatic rings. The molecule has 3 N–H and O–H groups in total. The van der Waals surface area contributed by atoms with Gasteiger partial charge in [-0.15, -0.1) is 10.2 Å². The number of nitrogen functional groups attached to an aromatic ring is 1. The molecule has 0 saturated carbocycles. The van der Waals surface area contributed by atoms with E-state index < -0.39 is 0 Å². The van der Waals surface area contributed by atoms with Gasteiger partial charge < -0.3 is 20.4 Å². The van der Waals surface area contributed by atoms with Crippen molar-refractivity contribution in [3.8, 4) is 17.1 Å². The minimum atomic E-state index is -0.320. The van der Waals surface area contributed by atoms with E-state index in [4.69, 9.17) is 10.5 Å². The van der Waals surface area contributed by atoms with Crippen LogP contribution in [0.2, 0.25) is 0 Å². The van der Waals surface area contributed by atoms with E-state index in [2.05, 4.69) is 42.0 Å². The van der Waals surface area contributed by atoms with Gasteiger partial charge in [0.2, 0.25) is 11.9 Å². The topological polar surface area (TPSA) is 117 Å². The summed E-state index contributed by atoms with van der Waals surface area (Å²) in [7, 11) is 1.64. The number of nitrogens with two attached hydrogens (primary N) is 1. The van der Waals surface area contributed by atoms with Gasteiger partial charge >= 0.3 is 0 Å². The Bertz CT molecular complexity index is 1230. The van der Waals surface area contributed by atoms with Crippen molar-refractivity contribution in [3.63, 3.8) is 0 Å². The second-order valence-electron chi connectivity index (χ2n) is 7.39. The van der Waals surface area contributed by atoms with E-state index in [-0.39, 0.29) is 11.8 Å². The molecule has 0 aliphatic carbocycles. The van der Waals surface area contributed by atoms with Crippen LogP contribution in [0, 0.1) is 5.82 Å². The van der Waals surface area contributed by atoms with Crippen molar-refractivity contribution < 1.29 is 9.13 Å². The lowest BCUT2D eigenvalue weighted by Crippen LogP contribution is -2.07. The van der Waals surface area contributed by atoms with Crippen molar-refractivity contribution in [1.29, 1.82) is 0 Å². The lowest BCUT2D eigenvalue weighted by atomic mass is 10.2. The summed E-state index contributed by atoms with van der Waals surface area (Å²) in [5.74, 6) is 2.58. The molecule has 4 rings (SSSR count). The predicted octanol–water partition coefficient (Wildman–Crippen LogP) is 4.70. The fraction of sp³-hybridized carbons (Fsp3) is 0.261. The van der Waals surface area contributed by atoms with Crippen LogP contribution >= 0.6 is 11.8 Å². The number of unbranched alkanes of at least 4 members (excludes halogenated alkanes) is 1. The van der Waals surface area contributed by atoms with Crippen molar-refractivity contribution in [2.75, 3.05) is 18.2 Å². The third-order valence-corrected chi connectivity index (χ3v) is 5.89. The molecule has 0 atom stereocenters. The molecule has 0 fully saturated rings. The van der Waals surface area contributed by atoms with Gasteiger partial charge in [0.1, 0.15) is 17.4 Å². The van der Waals surface area contributed by atoms with Gasteiger partial charge in [0, 0.05) is 17.8 Å². The first-order chi connectivity index (χ1) is 16.6. The Hall–Kier alpha value is -3.73. The summed E-state index contributed by atoms with van der Waals surface area (Å²) < 4.78 is 20.5. The average Bonchev–Trinajstić information content (AvgIpc) is 3.25. The average molecular weight is 481 g/mol. The standard InChI is InChI=1S/C23H25FN8OS/c1-3-4-13-32-20(15-5-11-18(33-2)12-6-15)30-31-23(32)34-14-19-27-21(25)29-22(28-19)26-17-9-7-16(24)8-10-17/h5-12H,3-4,13-14H2,1-2H3,(H3,25,26,27,28,29). The maximum atomic E-state index is 13.2. The van der Waals surface area contributed by atoms with Crippen molar-refractivity contribution in [1.82, 2.24) is 29.7 Å². The van der Waals surface area contributed by atoms with Gasteiger partial charge in [0.25, 0.3) is 0 Å². The van der Waals surface area contributed by atoms with Crippen LogP contribution in [0.25, 0.3) is 11.4 Å². The number of rotatable bonds is 10. The van der Waals surface area contributed by atoms with Crippen LogP contribution in [0.4, 0.5) is 22.0 Å². The van der Waals surface area contributed by atoms with Crippen molar-refractivity contribution in [3.05, 3.63) is 60.2 Å². The third kappa shape index (κ3) is 5.79. The minimum Gasteiger partial charge on any atom is -0.497 e. The molecule has 0 aliphatic heterocycles. The summed E-state index contributed by atoms with van der Waals surface area (Å²) in [6, 6.07) is 13.7. The van der Waals surface area contributed by atoms with Crippen molar-refractivity contribution in [2.45, 2.75) is 37.2 Å². The minimum absolute atomic E-state index is 0.0987. The lowest BCUT2D eigenvalue weighted by Gasteiger charge is -2.10. The third-order valence-electron chi connectivity index (χ3n) is 4.93. The molecular formula is C23H25FN8OS. The number of nitrogens with zero attached hydrogens (tertiary/aromatic N) is 6. The Kier molecular flexibility index (Phi) is 7.53. The molecular weight excluding hydrogens is 455 g/mol. The van der Waals surface area contributed by atoms with E-state index in [9.17, 15) is 4.39 Å². The second kappa shape index (κ2) is 10.9. The highest BCUT2D eigenvalue weighted by atomic mass is 32.2. The number of ether oxygens (including phenoxy) is 1. The molecule has 0 unspecified atom stereocenters. The summed E-state index contributed by atoms with van der Waals surface area (Å²) in [4.78, 5) is 12.8. The van der Waals surface area contributed by atoms with Crippen LogP contribution in [0.3, 0.4) is 0 Å². The Morgan fingerprint density at radius 1 is 1.03 bits per heavy atom. The Labute approximate surface area is 201 Å². The van der Waals surface area contributed by atoms with E-state index in [0.717, 1.165) is 41.7 Å². The highest BCUT2D eigenvalue weighted by molar-refractivity contribution is 7.98. The van der Waals surface area contributed by atoms with Gasteiger partial charge in [0.15, 0.2) is 11.0 Å². The van der Waals surface area contributed by atoms with Crippen molar-refractivity contribution >= 4 is 29.3 Å². The van der Waals surface area contributed by atoms with Crippen LogP contribution < -0.4 is 15.8 Å². The maximum Gasteiger partial charge on any atom is 0.232 e. The zero-order valence-electron chi connectivity index (χ0n) is 18.9. The van der Waals surface area contributed by atoms with Gasteiger partial charge in [-0.05, 0) is 55.0 Å². The van der Waals surface area contributed by atoms with E-state index in [0.29, 0.717) is 23.2 Å². The van der Waals surface area contributed by atoms with Crippen LogP contribution in [0.15, 0.2) is 53.7 Å². The zero-order chi connectivity index (χ0) is 23.9. The number of nitrogens with one attached hydrogen (secondary N) is 1. The first-order valence-corrected chi connectivity index (χ1v) is 11.8. The molecule has 2 heterocycles. The molecule has 2 aromatic heterocycles. The number of hydrogen-bond acceptors (Lipinski definition) is 9. The number of benzene rings is 2. The molecule has 0 saturated heterocycles. The van der Waals surface area contributed by atoms with Gasteiger partial charge in [-0.2, -0.15) is 15.0 Å².